The second kappa shape index (κ2) is 6.75. The second-order valence-electron chi connectivity index (χ2n) is 6.78. The maximum atomic E-state index is 12.9. The lowest BCUT2D eigenvalue weighted by Gasteiger charge is -2.14. The molecule has 0 saturated heterocycles. The van der Waals surface area contributed by atoms with E-state index in [2.05, 4.69) is 40.2 Å². The van der Waals surface area contributed by atoms with Gasteiger partial charge in [-0.3, -0.25) is 10.1 Å². The average Bonchev–Trinajstić information content (AvgIpc) is 3.05. The highest BCUT2D eigenvalue weighted by Crippen LogP contribution is 2.23. The summed E-state index contributed by atoms with van der Waals surface area (Å²) in [5.74, 6) is 0.509. The third kappa shape index (κ3) is 3.06. The molecule has 2 heterocycles. The Bertz CT molecular complexity index is 917. The molecule has 132 valence electrons. The number of benzene rings is 1. The maximum absolute atomic E-state index is 12.9. The van der Waals surface area contributed by atoms with Crippen LogP contribution in [0.15, 0.2) is 30.3 Å². The molecule has 0 aliphatic heterocycles. The number of carbonyl (C=O) groups is 1. The lowest BCUT2D eigenvalue weighted by Crippen LogP contribution is -2.17. The van der Waals surface area contributed by atoms with Crippen LogP contribution in [0.5, 0.6) is 0 Å². The first-order valence-electron chi connectivity index (χ1n) is 8.89. The molecule has 25 heavy (non-hydrogen) atoms. The largest absolute Gasteiger partial charge is 0.346 e. The van der Waals surface area contributed by atoms with Crippen LogP contribution < -0.4 is 5.32 Å². The zero-order valence-corrected chi connectivity index (χ0v) is 15.6. The van der Waals surface area contributed by atoms with Crippen molar-refractivity contribution >= 4 is 22.9 Å². The third-order valence-corrected chi connectivity index (χ3v) is 4.57. The molecule has 3 aromatic rings. The highest BCUT2D eigenvalue weighted by Gasteiger charge is 2.19. The van der Waals surface area contributed by atoms with Crippen molar-refractivity contribution in [3.05, 3.63) is 47.3 Å². The van der Waals surface area contributed by atoms with E-state index in [4.69, 9.17) is 0 Å². The summed E-state index contributed by atoms with van der Waals surface area (Å²) in [6.45, 7) is 11.2. The van der Waals surface area contributed by atoms with E-state index in [1.54, 1.807) is 0 Å². The van der Waals surface area contributed by atoms with Crippen LogP contribution in [-0.2, 0) is 6.54 Å². The molecule has 0 aliphatic carbocycles. The monoisotopic (exact) mass is 338 g/mol. The molecule has 1 N–H and O–H groups in total. The minimum absolute atomic E-state index is 0.104. The summed E-state index contributed by atoms with van der Waals surface area (Å²) < 4.78 is 4.26. The van der Waals surface area contributed by atoms with E-state index < -0.39 is 0 Å². The molecule has 5 nitrogen and oxygen atoms in total. The van der Waals surface area contributed by atoms with E-state index in [1.807, 2.05) is 44.2 Å². The molecule has 3 rings (SSSR count). The first-order chi connectivity index (χ1) is 11.9. The standard InChI is InChI=1S/C20H26N4O/c1-6-11-23-18-10-8-7-9-17(18)21-20(23)22-19(25)16-12-14(4)24(13(2)3)15(16)5/h7-10,12-13H,6,11H2,1-5H3,(H,21,22,25). The molecule has 0 unspecified atom stereocenters. The number of amides is 1. The Hall–Kier alpha value is -2.56. The summed E-state index contributed by atoms with van der Waals surface area (Å²) in [6.07, 6.45) is 0.977. The molecule has 0 saturated carbocycles. The molecule has 5 heteroatoms. The molecule has 0 radical (unpaired) electrons. The molecular formula is C20H26N4O. The fourth-order valence-electron chi connectivity index (χ4n) is 3.59. The number of nitrogens with zero attached hydrogens (tertiary/aromatic N) is 3. The SMILES string of the molecule is CCCn1c(NC(=O)c2cc(C)n(C(C)C)c2C)nc2ccccc21. The van der Waals surface area contributed by atoms with E-state index in [0.29, 0.717) is 17.6 Å². The fourth-order valence-corrected chi connectivity index (χ4v) is 3.59. The Morgan fingerprint density at radius 1 is 1.24 bits per heavy atom. The van der Waals surface area contributed by atoms with E-state index in [9.17, 15) is 4.79 Å². The van der Waals surface area contributed by atoms with Gasteiger partial charge in [-0.15, -0.1) is 0 Å². The van der Waals surface area contributed by atoms with Gasteiger partial charge in [-0.1, -0.05) is 19.1 Å². The number of hydrogen-bond acceptors (Lipinski definition) is 2. The molecule has 1 amide bonds. The maximum Gasteiger partial charge on any atom is 0.259 e. The summed E-state index contributed by atoms with van der Waals surface area (Å²) in [6, 6.07) is 10.3. The first-order valence-corrected chi connectivity index (χ1v) is 8.89. The number of aryl methyl sites for hydroxylation is 2. The predicted octanol–water partition coefficient (Wildman–Crippen LogP) is 4.70. The van der Waals surface area contributed by atoms with Crippen LogP contribution in [0, 0.1) is 13.8 Å². The van der Waals surface area contributed by atoms with Crippen molar-refractivity contribution in [2.75, 3.05) is 5.32 Å². The summed E-state index contributed by atoms with van der Waals surface area (Å²) in [5.41, 5.74) is 4.75. The molecule has 0 fully saturated rings. The van der Waals surface area contributed by atoms with Crippen LogP contribution in [-0.4, -0.2) is 20.0 Å². The van der Waals surface area contributed by atoms with E-state index >= 15 is 0 Å². The number of anilines is 1. The fraction of sp³-hybridized carbons (Fsp3) is 0.400. The topological polar surface area (TPSA) is 51.9 Å². The molecule has 1 aromatic carbocycles. The van der Waals surface area contributed by atoms with Crippen LogP contribution in [0.3, 0.4) is 0 Å². The van der Waals surface area contributed by atoms with Crippen LogP contribution in [0.2, 0.25) is 0 Å². The minimum atomic E-state index is -0.104. The number of imidazole rings is 1. The van der Waals surface area contributed by atoms with Crippen molar-refractivity contribution in [1.82, 2.24) is 14.1 Å². The summed E-state index contributed by atoms with van der Waals surface area (Å²) >= 11 is 0. The Morgan fingerprint density at radius 2 is 1.96 bits per heavy atom. The van der Waals surface area contributed by atoms with E-state index in [1.165, 1.54) is 0 Å². The number of carbonyl (C=O) groups excluding carboxylic acids is 1. The predicted molar refractivity (Wildman–Crippen MR) is 102 cm³/mol. The van der Waals surface area contributed by atoms with Crippen LogP contribution in [0.4, 0.5) is 5.95 Å². The van der Waals surface area contributed by atoms with Crippen molar-refractivity contribution in [1.29, 1.82) is 0 Å². The lowest BCUT2D eigenvalue weighted by atomic mass is 10.2. The van der Waals surface area contributed by atoms with Crippen molar-refractivity contribution in [2.24, 2.45) is 0 Å². The van der Waals surface area contributed by atoms with Crippen LogP contribution >= 0.6 is 0 Å². The summed E-state index contributed by atoms with van der Waals surface area (Å²) in [7, 11) is 0. The number of nitrogens with one attached hydrogen (secondary N) is 1. The van der Waals surface area contributed by atoms with Crippen LogP contribution in [0.25, 0.3) is 11.0 Å². The third-order valence-electron chi connectivity index (χ3n) is 4.57. The van der Waals surface area contributed by atoms with Gasteiger partial charge >= 0.3 is 0 Å². The average molecular weight is 338 g/mol. The summed E-state index contributed by atoms with van der Waals surface area (Å²) in [4.78, 5) is 17.5. The Morgan fingerprint density at radius 3 is 2.60 bits per heavy atom. The zero-order chi connectivity index (χ0) is 18.1. The Kier molecular flexibility index (Phi) is 4.66. The van der Waals surface area contributed by atoms with Crippen molar-refractivity contribution in [2.45, 2.75) is 53.6 Å². The molecule has 0 atom stereocenters. The van der Waals surface area contributed by atoms with Crippen molar-refractivity contribution in [3.8, 4) is 0 Å². The van der Waals surface area contributed by atoms with Gasteiger partial charge in [0.05, 0.1) is 16.6 Å². The zero-order valence-electron chi connectivity index (χ0n) is 15.6. The highest BCUT2D eigenvalue weighted by molar-refractivity contribution is 6.05. The van der Waals surface area contributed by atoms with Gasteiger partial charge in [0.15, 0.2) is 0 Å². The van der Waals surface area contributed by atoms with Gasteiger partial charge in [0.25, 0.3) is 5.91 Å². The normalized spacial score (nSPS) is 11.4. The van der Waals surface area contributed by atoms with Crippen LogP contribution in [0.1, 0.15) is 55.0 Å². The van der Waals surface area contributed by atoms with Gasteiger partial charge in [-0.05, 0) is 52.3 Å². The number of para-hydroxylation sites is 2. The lowest BCUT2D eigenvalue weighted by molar-refractivity contribution is 0.102. The van der Waals surface area contributed by atoms with Crippen molar-refractivity contribution in [3.63, 3.8) is 0 Å². The highest BCUT2D eigenvalue weighted by atomic mass is 16.1. The number of rotatable bonds is 5. The van der Waals surface area contributed by atoms with Gasteiger partial charge in [0.1, 0.15) is 0 Å². The molecule has 0 spiro atoms. The molecule has 2 aromatic heterocycles. The van der Waals surface area contributed by atoms with Gasteiger partial charge in [-0.25, -0.2) is 4.98 Å². The Labute approximate surface area is 148 Å². The van der Waals surface area contributed by atoms with Gasteiger partial charge in [-0.2, -0.15) is 0 Å². The molecular weight excluding hydrogens is 312 g/mol. The Balaban J connectivity index is 1.98. The minimum Gasteiger partial charge on any atom is -0.346 e. The second-order valence-corrected chi connectivity index (χ2v) is 6.78. The number of hydrogen-bond donors (Lipinski definition) is 1. The molecule has 0 bridgehead atoms. The van der Waals surface area contributed by atoms with Crippen molar-refractivity contribution < 1.29 is 4.79 Å². The quantitative estimate of drug-likeness (QED) is 0.733. The summed E-state index contributed by atoms with van der Waals surface area (Å²) in [5, 5.41) is 3.02. The number of aromatic nitrogens is 3. The first kappa shape index (κ1) is 17.3. The van der Waals surface area contributed by atoms with Gasteiger partial charge in [0, 0.05) is 24.0 Å². The van der Waals surface area contributed by atoms with E-state index in [-0.39, 0.29) is 5.91 Å². The van der Waals surface area contributed by atoms with Gasteiger partial charge < -0.3 is 9.13 Å². The number of fused-ring (bicyclic) bond motifs is 1. The molecule has 0 aliphatic rings. The van der Waals surface area contributed by atoms with E-state index in [0.717, 1.165) is 35.4 Å². The smallest absolute Gasteiger partial charge is 0.259 e. The van der Waals surface area contributed by atoms with Gasteiger partial charge in [0.2, 0.25) is 5.95 Å².